The lowest BCUT2D eigenvalue weighted by Gasteiger charge is -2.39. The number of carbonyl (C=O) groups is 1. The summed E-state index contributed by atoms with van der Waals surface area (Å²) >= 11 is 6.66. The molecule has 1 amide bonds. The number of hydrogen-bond acceptors (Lipinski definition) is 8. The van der Waals surface area contributed by atoms with E-state index in [0.29, 0.717) is 71.6 Å². The van der Waals surface area contributed by atoms with Crippen molar-refractivity contribution in [2.24, 2.45) is 0 Å². The lowest BCUT2D eigenvalue weighted by atomic mass is 9.98. The number of benzene rings is 5. The number of rotatable bonds is 26. The van der Waals surface area contributed by atoms with Gasteiger partial charge in [-0.25, -0.2) is 17.6 Å². The van der Waals surface area contributed by atoms with Crippen molar-refractivity contribution in [3.63, 3.8) is 0 Å². The first kappa shape index (κ1) is 55.4. The second-order valence-corrected chi connectivity index (χ2v) is 27.2. The Morgan fingerprint density at radius 2 is 1.41 bits per heavy atom. The minimum Gasteiger partial charge on any atom is -0.487 e. The third-order valence-electron chi connectivity index (χ3n) is 13.6. The number of sulfonamides is 1. The quantitative estimate of drug-likeness (QED) is 0.0366. The smallest absolute Gasteiger partial charge is 0.412 e. The number of unbranched alkanes of at least 4 members (excludes halogenated alkanes) is 6. The number of piperidine rings is 1. The highest BCUT2D eigenvalue weighted by atomic mass is 35.5. The molecule has 6 rings (SSSR count). The zero-order valence-corrected chi connectivity index (χ0v) is 45.0. The second-order valence-electron chi connectivity index (χ2n) is 20.3. The van der Waals surface area contributed by atoms with Crippen molar-refractivity contribution >= 4 is 47.4 Å². The molecule has 0 radical (unpaired) electrons. The molecule has 384 valence electrons. The van der Waals surface area contributed by atoms with Crippen molar-refractivity contribution in [3.8, 4) is 22.6 Å². The fourth-order valence-corrected chi connectivity index (χ4v) is 10.8. The van der Waals surface area contributed by atoms with Gasteiger partial charge in [-0.1, -0.05) is 137 Å². The third kappa shape index (κ3) is 17.1. The summed E-state index contributed by atoms with van der Waals surface area (Å²) in [7, 11) is -5.77. The molecule has 15 heteroatoms. The first-order valence-corrected chi connectivity index (χ1v) is 30.2. The number of amides is 1. The Morgan fingerprint density at radius 1 is 0.817 bits per heavy atom. The van der Waals surface area contributed by atoms with E-state index in [-0.39, 0.29) is 17.2 Å². The molecule has 0 aromatic heterocycles. The van der Waals surface area contributed by atoms with Crippen molar-refractivity contribution in [2.75, 3.05) is 48.6 Å². The Kier molecular flexibility index (Phi) is 20.4. The lowest BCUT2D eigenvalue weighted by molar-refractivity contribution is 0.179. The van der Waals surface area contributed by atoms with Crippen molar-refractivity contribution < 1.29 is 36.6 Å². The van der Waals surface area contributed by atoms with E-state index in [0.717, 1.165) is 81.2 Å². The monoisotopic (exact) mass is 1030 g/mol. The number of carboxylic acid groups (broad SMARTS) is 1. The van der Waals surface area contributed by atoms with Gasteiger partial charge >= 0.3 is 6.09 Å². The lowest BCUT2D eigenvalue weighted by Crippen LogP contribution is -2.47. The average Bonchev–Trinajstić information content (AvgIpc) is 3.32. The highest BCUT2D eigenvalue weighted by Gasteiger charge is 2.39. The molecule has 0 spiro atoms. The molecule has 1 aliphatic heterocycles. The van der Waals surface area contributed by atoms with Crippen LogP contribution in [0.4, 0.5) is 20.6 Å². The Bertz CT molecular complexity index is 2580. The zero-order chi connectivity index (χ0) is 51.0. The van der Waals surface area contributed by atoms with E-state index in [9.17, 15) is 22.7 Å². The Balaban J connectivity index is 0.921. The minimum atomic E-state index is -3.57. The summed E-state index contributed by atoms with van der Waals surface area (Å²) in [4.78, 5) is 16.7. The highest BCUT2D eigenvalue weighted by Crippen LogP contribution is 2.41. The van der Waals surface area contributed by atoms with Crippen LogP contribution in [0, 0.1) is 5.82 Å². The van der Waals surface area contributed by atoms with E-state index in [1.165, 1.54) is 29.9 Å². The number of halogens is 2. The summed E-state index contributed by atoms with van der Waals surface area (Å²) in [6.45, 7) is 15.8. The normalized spacial score (nSPS) is 14.3. The van der Waals surface area contributed by atoms with Gasteiger partial charge in [0.05, 0.1) is 28.8 Å². The van der Waals surface area contributed by atoms with Crippen LogP contribution in [0.5, 0.6) is 11.5 Å². The van der Waals surface area contributed by atoms with E-state index < -0.39 is 30.3 Å². The summed E-state index contributed by atoms with van der Waals surface area (Å²) in [6.07, 6.45) is 9.11. The highest BCUT2D eigenvalue weighted by molar-refractivity contribution is 7.92. The summed E-state index contributed by atoms with van der Waals surface area (Å²) < 4.78 is 61.3. The van der Waals surface area contributed by atoms with Gasteiger partial charge in [0.15, 0.2) is 8.32 Å². The molecule has 1 fully saturated rings. The molecule has 1 saturated heterocycles. The SMILES string of the molecule is CC(C)(C)[Si](C)(C)O[C@H](CNCCCCCCCCCN1CCC(N(C(=O)O)c2ccc(F)cc2-c2ccc(OCc3ccccc3)c(Cl)c2)CC1)c1ccc(OCc2ccccc2)c(NS(C)(=O)=O)c1. The minimum absolute atomic E-state index is 0.0125. The largest absolute Gasteiger partial charge is 0.487 e. The molecule has 1 aliphatic rings. The zero-order valence-electron chi connectivity index (χ0n) is 42.4. The number of nitrogens with zero attached hydrogens (tertiary/aromatic N) is 2. The van der Waals surface area contributed by atoms with Crippen LogP contribution in [0.25, 0.3) is 11.1 Å². The van der Waals surface area contributed by atoms with Gasteiger partial charge in [0.25, 0.3) is 0 Å². The predicted molar refractivity (Wildman–Crippen MR) is 289 cm³/mol. The van der Waals surface area contributed by atoms with Crippen LogP contribution in [0.3, 0.4) is 0 Å². The molecule has 0 aliphatic carbocycles. The Morgan fingerprint density at radius 3 is 2.00 bits per heavy atom. The van der Waals surface area contributed by atoms with Gasteiger partial charge in [-0.3, -0.25) is 9.62 Å². The molecule has 11 nitrogen and oxygen atoms in total. The topological polar surface area (TPSA) is 130 Å². The standard InChI is InChI=1S/C56H74ClFN4O7SSi/c1-56(2,3)71(5,6)69-54(45-25-29-53(50(37-45)60-70(4,65)66)68-41-43-22-16-13-17-23-43)39-59-32-18-10-8-7-9-11-19-33-61-34-30-47(31-35-61)62(55(63)64)51-27-26-46(58)38-48(51)44-24-28-52(49(57)36-44)67-40-42-20-14-12-15-21-42/h12-17,20-29,36-38,47,54,59-60H,7-11,18-19,30-35,39-41H2,1-6H3,(H,63,64)/t54-/m1/s1. The molecule has 0 unspecified atom stereocenters. The van der Waals surface area contributed by atoms with Gasteiger partial charge < -0.3 is 29.2 Å². The van der Waals surface area contributed by atoms with Gasteiger partial charge in [-0.2, -0.15) is 0 Å². The van der Waals surface area contributed by atoms with Crippen molar-refractivity contribution in [1.82, 2.24) is 10.2 Å². The molecule has 0 saturated carbocycles. The first-order valence-electron chi connectivity index (χ1n) is 25.0. The predicted octanol–water partition coefficient (Wildman–Crippen LogP) is 13.7. The van der Waals surface area contributed by atoms with Crippen LogP contribution in [-0.2, 0) is 27.7 Å². The third-order valence-corrected chi connectivity index (χ3v) is 19.0. The van der Waals surface area contributed by atoms with Crippen LogP contribution in [0.1, 0.15) is 101 Å². The molecule has 0 bridgehead atoms. The average molecular weight is 1030 g/mol. The Labute approximate surface area is 428 Å². The van der Waals surface area contributed by atoms with Gasteiger partial charge in [-0.15, -0.1) is 0 Å². The molecule has 5 aromatic rings. The first-order chi connectivity index (χ1) is 33.9. The van der Waals surface area contributed by atoms with Crippen LogP contribution in [0.15, 0.2) is 115 Å². The van der Waals surface area contributed by atoms with Crippen LogP contribution >= 0.6 is 11.6 Å². The molecule has 1 atom stereocenters. The van der Waals surface area contributed by atoms with E-state index in [1.54, 1.807) is 24.3 Å². The van der Waals surface area contributed by atoms with Crippen LogP contribution in [-0.4, -0.2) is 77.9 Å². The molecular weight excluding hydrogens is 955 g/mol. The number of likely N-dealkylation sites (tertiary alicyclic amines) is 1. The van der Waals surface area contributed by atoms with Gasteiger partial charge in [0, 0.05) is 31.2 Å². The van der Waals surface area contributed by atoms with Crippen LogP contribution < -0.4 is 24.4 Å². The maximum atomic E-state index is 14.7. The van der Waals surface area contributed by atoms with Gasteiger partial charge in [0.1, 0.15) is 30.5 Å². The second kappa shape index (κ2) is 26.1. The number of nitrogens with one attached hydrogen (secondary N) is 2. The van der Waals surface area contributed by atoms with E-state index >= 15 is 0 Å². The van der Waals surface area contributed by atoms with E-state index in [2.05, 4.69) is 48.8 Å². The van der Waals surface area contributed by atoms with Crippen molar-refractivity contribution in [2.45, 2.75) is 122 Å². The summed E-state index contributed by atoms with van der Waals surface area (Å²) in [5.41, 5.74) is 4.79. The molecule has 1 heterocycles. The molecule has 3 N–H and O–H groups in total. The molecular formula is C56H74ClFN4O7SSi. The van der Waals surface area contributed by atoms with E-state index in [4.69, 9.17) is 25.5 Å². The van der Waals surface area contributed by atoms with Crippen molar-refractivity contribution in [1.29, 1.82) is 0 Å². The van der Waals surface area contributed by atoms with Crippen LogP contribution in [0.2, 0.25) is 23.2 Å². The fourth-order valence-electron chi connectivity index (χ4n) is 8.68. The molecule has 71 heavy (non-hydrogen) atoms. The summed E-state index contributed by atoms with van der Waals surface area (Å²) in [5.74, 6) is 0.497. The molecule has 5 aromatic carbocycles. The van der Waals surface area contributed by atoms with Gasteiger partial charge in [0.2, 0.25) is 10.0 Å². The fraction of sp³-hybridized carbons (Fsp3) is 0.446. The van der Waals surface area contributed by atoms with E-state index in [1.807, 2.05) is 78.9 Å². The number of hydrogen-bond donors (Lipinski definition) is 3. The van der Waals surface area contributed by atoms with Gasteiger partial charge in [-0.05, 0) is 122 Å². The van der Waals surface area contributed by atoms with Crippen molar-refractivity contribution in [3.05, 3.63) is 143 Å². The maximum Gasteiger partial charge on any atom is 0.412 e. The maximum absolute atomic E-state index is 14.7. The summed E-state index contributed by atoms with van der Waals surface area (Å²) in [5, 5.41) is 14.5. The summed E-state index contributed by atoms with van der Waals surface area (Å²) in [6, 6.07) is 34.5. The number of anilines is 2. The Hall–Kier alpha value is -4.96. The number of ether oxygens (including phenoxy) is 2.